The molecule has 4 heteroatoms. The van der Waals surface area contributed by atoms with Crippen molar-refractivity contribution in [2.45, 2.75) is 71.3 Å². The van der Waals surface area contributed by atoms with Crippen LogP contribution >= 0.6 is 22.6 Å². The standard InChI is InChI=1S/C14H29IO2Si/c1-11(8-9-15)10-12(18(5,6)7)13(16)17-14(2,3)4/h11-12H,8-10H2,1-7H3/t11-,12+/m1/s1. The second-order valence-corrected chi connectivity index (χ2v) is 13.8. The average Bonchev–Trinajstić information content (AvgIpc) is 2.09. The first kappa shape index (κ1) is 18.4. The molecule has 0 aromatic heterocycles. The van der Waals surface area contributed by atoms with Crippen molar-refractivity contribution >= 4 is 36.6 Å². The van der Waals surface area contributed by atoms with Crippen LogP contribution in [0, 0.1) is 5.92 Å². The first-order valence-electron chi connectivity index (χ1n) is 6.76. The smallest absolute Gasteiger partial charge is 0.306 e. The third kappa shape index (κ3) is 7.76. The maximum absolute atomic E-state index is 12.4. The highest BCUT2D eigenvalue weighted by atomic mass is 127. The highest BCUT2D eigenvalue weighted by Crippen LogP contribution is 2.33. The van der Waals surface area contributed by atoms with E-state index in [0.29, 0.717) is 5.92 Å². The van der Waals surface area contributed by atoms with E-state index < -0.39 is 8.07 Å². The predicted octanol–water partition coefficient (Wildman–Crippen LogP) is 4.89. The van der Waals surface area contributed by atoms with E-state index in [1.54, 1.807) is 0 Å². The predicted molar refractivity (Wildman–Crippen MR) is 90.2 cm³/mol. The quantitative estimate of drug-likeness (QED) is 0.282. The third-order valence-corrected chi connectivity index (χ3v) is 6.16. The summed E-state index contributed by atoms with van der Waals surface area (Å²) < 4.78 is 6.76. The molecule has 2 atom stereocenters. The average molecular weight is 384 g/mol. The molecule has 0 heterocycles. The number of hydrogen-bond donors (Lipinski definition) is 0. The van der Waals surface area contributed by atoms with Gasteiger partial charge in [-0.05, 0) is 44.0 Å². The molecule has 0 radical (unpaired) electrons. The molecule has 0 aromatic rings. The van der Waals surface area contributed by atoms with Crippen LogP contribution in [-0.4, -0.2) is 24.1 Å². The van der Waals surface area contributed by atoms with Crippen LogP contribution in [0.25, 0.3) is 0 Å². The van der Waals surface area contributed by atoms with Crippen LogP contribution < -0.4 is 0 Å². The van der Waals surface area contributed by atoms with E-state index in [1.807, 2.05) is 20.8 Å². The van der Waals surface area contributed by atoms with E-state index in [9.17, 15) is 4.79 Å². The molecule has 0 aliphatic carbocycles. The number of rotatable bonds is 6. The maximum atomic E-state index is 12.4. The Morgan fingerprint density at radius 1 is 1.28 bits per heavy atom. The Morgan fingerprint density at radius 2 is 1.78 bits per heavy atom. The van der Waals surface area contributed by atoms with Gasteiger partial charge < -0.3 is 4.74 Å². The van der Waals surface area contributed by atoms with Gasteiger partial charge in [0.2, 0.25) is 0 Å². The fraction of sp³-hybridized carbons (Fsp3) is 0.929. The minimum Gasteiger partial charge on any atom is -0.460 e. The molecule has 0 aliphatic heterocycles. The Balaban J connectivity index is 4.75. The topological polar surface area (TPSA) is 26.3 Å². The summed E-state index contributed by atoms with van der Waals surface area (Å²) in [4.78, 5) is 12.4. The Kier molecular flexibility index (Phi) is 7.43. The number of alkyl halides is 1. The summed E-state index contributed by atoms with van der Waals surface area (Å²) in [6, 6.07) is 0. The van der Waals surface area contributed by atoms with Gasteiger partial charge in [0.05, 0.1) is 13.6 Å². The van der Waals surface area contributed by atoms with E-state index in [4.69, 9.17) is 4.74 Å². The van der Waals surface area contributed by atoms with Gasteiger partial charge in [-0.1, -0.05) is 49.2 Å². The second kappa shape index (κ2) is 7.27. The summed E-state index contributed by atoms with van der Waals surface area (Å²) in [5.41, 5.74) is -0.253. The largest absolute Gasteiger partial charge is 0.460 e. The zero-order valence-electron chi connectivity index (χ0n) is 13.0. The van der Waals surface area contributed by atoms with Gasteiger partial charge in [0.15, 0.2) is 0 Å². The molecular weight excluding hydrogens is 355 g/mol. The van der Waals surface area contributed by atoms with Crippen molar-refractivity contribution in [3.05, 3.63) is 0 Å². The number of ether oxygens (including phenoxy) is 1. The molecule has 0 unspecified atom stereocenters. The number of esters is 1. The van der Waals surface area contributed by atoms with Crippen LogP contribution in [0.2, 0.25) is 25.2 Å². The first-order valence-corrected chi connectivity index (χ1v) is 11.9. The Labute approximate surface area is 127 Å². The van der Waals surface area contributed by atoms with Gasteiger partial charge in [-0.25, -0.2) is 0 Å². The molecule has 0 aliphatic rings. The fourth-order valence-electron chi connectivity index (χ4n) is 1.88. The number of carbonyl (C=O) groups is 1. The van der Waals surface area contributed by atoms with E-state index >= 15 is 0 Å². The molecule has 0 N–H and O–H groups in total. The molecule has 0 rings (SSSR count). The Hall–Kier alpha value is 0.417. The molecule has 0 amide bonds. The summed E-state index contributed by atoms with van der Waals surface area (Å²) >= 11 is 2.41. The SMILES string of the molecule is C[C@H](CCI)C[C@@H](C(=O)OC(C)(C)C)[Si](C)(C)C. The molecule has 18 heavy (non-hydrogen) atoms. The summed E-state index contributed by atoms with van der Waals surface area (Å²) in [6.45, 7) is 14.9. The molecule has 0 spiro atoms. The summed E-state index contributed by atoms with van der Waals surface area (Å²) in [5, 5.41) is 0. The van der Waals surface area contributed by atoms with Crippen molar-refractivity contribution in [3.63, 3.8) is 0 Å². The van der Waals surface area contributed by atoms with Crippen molar-refractivity contribution < 1.29 is 9.53 Å². The van der Waals surface area contributed by atoms with Gasteiger partial charge >= 0.3 is 5.97 Å². The molecule has 0 aromatic carbocycles. The van der Waals surface area contributed by atoms with Gasteiger partial charge in [0.25, 0.3) is 0 Å². The second-order valence-electron chi connectivity index (χ2n) is 7.27. The molecular formula is C14H29IO2Si. The number of halogens is 1. The molecule has 108 valence electrons. The molecule has 0 fully saturated rings. The molecule has 2 nitrogen and oxygen atoms in total. The molecule has 0 saturated carbocycles. The number of hydrogen-bond acceptors (Lipinski definition) is 2. The lowest BCUT2D eigenvalue weighted by molar-refractivity contribution is -0.155. The van der Waals surface area contributed by atoms with Gasteiger partial charge in [-0.2, -0.15) is 0 Å². The van der Waals surface area contributed by atoms with E-state index in [2.05, 4.69) is 49.2 Å². The van der Waals surface area contributed by atoms with Gasteiger partial charge in [0, 0.05) is 0 Å². The summed E-state index contributed by atoms with van der Waals surface area (Å²) in [6.07, 6.45) is 2.16. The van der Waals surface area contributed by atoms with Crippen molar-refractivity contribution in [2.24, 2.45) is 5.92 Å². The van der Waals surface area contributed by atoms with E-state index in [0.717, 1.165) is 10.8 Å². The Morgan fingerprint density at radius 3 is 2.11 bits per heavy atom. The summed E-state index contributed by atoms with van der Waals surface area (Å²) in [5.74, 6) is 0.619. The van der Waals surface area contributed by atoms with Crippen LogP contribution in [0.1, 0.15) is 40.5 Å². The first-order chi connectivity index (χ1) is 7.97. The fourth-order valence-corrected chi connectivity index (χ4v) is 4.82. The van der Waals surface area contributed by atoms with Crippen LogP contribution in [-0.2, 0) is 9.53 Å². The van der Waals surface area contributed by atoms with Crippen molar-refractivity contribution in [3.8, 4) is 0 Å². The van der Waals surface area contributed by atoms with Gasteiger partial charge in [-0.15, -0.1) is 0 Å². The highest BCUT2D eigenvalue weighted by Gasteiger charge is 2.36. The van der Waals surface area contributed by atoms with E-state index in [1.165, 1.54) is 6.42 Å². The van der Waals surface area contributed by atoms with Crippen LogP contribution in [0.5, 0.6) is 0 Å². The molecule has 0 saturated heterocycles. The minimum atomic E-state index is -1.52. The Bertz CT molecular complexity index is 266. The lowest BCUT2D eigenvalue weighted by Crippen LogP contribution is -2.38. The zero-order valence-corrected chi connectivity index (χ0v) is 16.1. The number of carbonyl (C=O) groups excluding carboxylic acids is 1. The van der Waals surface area contributed by atoms with Crippen molar-refractivity contribution in [1.82, 2.24) is 0 Å². The summed E-state index contributed by atoms with van der Waals surface area (Å²) in [7, 11) is -1.52. The maximum Gasteiger partial charge on any atom is 0.306 e. The van der Waals surface area contributed by atoms with Crippen molar-refractivity contribution in [1.29, 1.82) is 0 Å². The molecule has 0 bridgehead atoms. The van der Waals surface area contributed by atoms with E-state index in [-0.39, 0.29) is 17.1 Å². The van der Waals surface area contributed by atoms with Crippen LogP contribution in [0.3, 0.4) is 0 Å². The zero-order chi connectivity index (χ0) is 14.6. The highest BCUT2D eigenvalue weighted by molar-refractivity contribution is 14.1. The third-order valence-electron chi connectivity index (χ3n) is 2.98. The van der Waals surface area contributed by atoms with Crippen LogP contribution in [0.4, 0.5) is 0 Å². The monoisotopic (exact) mass is 384 g/mol. The lowest BCUT2D eigenvalue weighted by Gasteiger charge is -2.32. The van der Waals surface area contributed by atoms with Gasteiger partial charge in [-0.3, -0.25) is 4.79 Å². The lowest BCUT2D eigenvalue weighted by atomic mass is 10.0. The normalized spacial score (nSPS) is 16.2. The van der Waals surface area contributed by atoms with Gasteiger partial charge in [0.1, 0.15) is 5.60 Å². The van der Waals surface area contributed by atoms with Crippen molar-refractivity contribution in [2.75, 3.05) is 4.43 Å². The minimum absolute atomic E-state index is 0.0157. The van der Waals surface area contributed by atoms with Crippen LogP contribution in [0.15, 0.2) is 0 Å².